The predicted octanol–water partition coefficient (Wildman–Crippen LogP) is 4.13. The van der Waals surface area contributed by atoms with Crippen LogP contribution in [0.25, 0.3) is 16.4 Å². The van der Waals surface area contributed by atoms with E-state index in [0.717, 1.165) is 5.56 Å². The van der Waals surface area contributed by atoms with E-state index in [9.17, 15) is 24.4 Å². The van der Waals surface area contributed by atoms with Gasteiger partial charge in [-0.05, 0) is 73.1 Å². The maximum absolute atomic E-state index is 14.9. The summed E-state index contributed by atoms with van der Waals surface area (Å²) in [6, 6.07) is -1.53. The largest absolute Gasteiger partial charge is 0.658 e. The molecule has 0 saturated heterocycles. The molecule has 1 radical (unpaired) electrons. The van der Waals surface area contributed by atoms with Gasteiger partial charge in [0.2, 0.25) is 0 Å². The van der Waals surface area contributed by atoms with E-state index in [1.165, 1.54) is 0 Å². The third-order valence-electron chi connectivity index (χ3n) is 6.22. The molecule has 1 amide bonds. The van der Waals surface area contributed by atoms with Crippen molar-refractivity contribution in [2.75, 3.05) is 11.9 Å². The fourth-order valence-corrected chi connectivity index (χ4v) is 4.60. The van der Waals surface area contributed by atoms with E-state index in [-0.39, 0.29) is 49.6 Å². The van der Waals surface area contributed by atoms with E-state index in [1.807, 2.05) is 0 Å². The number of phenolic OH excluding ortho intramolecular Hbond substituents is 1. The van der Waals surface area contributed by atoms with Crippen LogP contribution in [0.2, 0.25) is 0 Å². The molecule has 1 atom stereocenters. The predicted molar refractivity (Wildman–Crippen MR) is 106 cm³/mol. The Hall–Kier alpha value is -1.90. The van der Waals surface area contributed by atoms with E-state index in [0.29, 0.717) is 58.6 Å². The molecule has 0 spiro atoms. The van der Waals surface area contributed by atoms with Crippen LogP contribution in [0, 0.1) is 43.6 Å². The normalized spacial score (nSPS) is 17.1. The Kier molecular flexibility index (Phi) is 6.06. The Balaban J connectivity index is 0.00000256. The van der Waals surface area contributed by atoms with Crippen molar-refractivity contribution in [2.45, 2.75) is 46.7 Å². The van der Waals surface area contributed by atoms with Crippen LogP contribution in [-0.4, -0.2) is 22.5 Å². The number of amides is 1. The van der Waals surface area contributed by atoms with Gasteiger partial charge >= 0.3 is 11.9 Å². The first kappa shape index (κ1) is 22.8. The second-order valence-corrected chi connectivity index (χ2v) is 7.69. The summed E-state index contributed by atoms with van der Waals surface area (Å²) in [5.74, 6) is -1.14. The molecular formula is C21H21FN3O4Y-. The molecule has 1 unspecified atom stereocenters. The number of nitrogens with one attached hydrogen (secondary N) is 1. The number of anilines is 1. The van der Waals surface area contributed by atoms with E-state index < -0.39 is 22.7 Å². The van der Waals surface area contributed by atoms with Crippen molar-refractivity contribution < 1.29 is 51.9 Å². The number of hydrogen-bond acceptors (Lipinski definition) is 4. The summed E-state index contributed by atoms with van der Waals surface area (Å²) >= 11 is 0. The quantitative estimate of drug-likeness (QED) is 0.491. The van der Waals surface area contributed by atoms with Crippen LogP contribution in [0.1, 0.15) is 45.0 Å². The zero-order chi connectivity index (χ0) is 21.2. The first-order valence-electron chi connectivity index (χ1n) is 9.41. The average Bonchev–Trinajstić information content (AvgIpc) is 3.05. The first-order valence-corrected chi connectivity index (χ1v) is 9.41. The number of halogens is 1. The van der Waals surface area contributed by atoms with Gasteiger partial charge in [0, 0.05) is 43.2 Å². The molecule has 0 saturated carbocycles. The summed E-state index contributed by atoms with van der Waals surface area (Å²) in [5, 5.41) is 29.6. The summed E-state index contributed by atoms with van der Waals surface area (Å²) in [7, 11) is 0. The number of hydrogen-bond donors (Lipinski definition) is 2. The van der Waals surface area contributed by atoms with Crippen LogP contribution in [0.3, 0.4) is 0 Å². The topological polar surface area (TPSA) is 107 Å². The molecule has 0 aromatic heterocycles. The zero-order valence-electron chi connectivity index (χ0n) is 17.2. The van der Waals surface area contributed by atoms with Gasteiger partial charge in [-0.2, -0.15) is 0 Å². The molecule has 2 N–H and O–H groups in total. The number of fused-ring (bicyclic) bond motifs is 3. The Labute approximate surface area is 198 Å². The van der Waals surface area contributed by atoms with Gasteiger partial charge in [-0.25, -0.2) is 4.39 Å². The molecule has 2 aliphatic heterocycles. The van der Waals surface area contributed by atoms with Gasteiger partial charge in [0.05, 0.1) is 11.3 Å². The Morgan fingerprint density at radius 1 is 1.10 bits per heavy atom. The van der Waals surface area contributed by atoms with Gasteiger partial charge in [0.1, 0.15) is 11.6 Å². The number of nitrogens with zero attached hydrogens (tertiary/aromatic N) is 2. The van der Waals surface area contributed by atoms with Crippen molar-refractivity contribution in [3.05, 3.63) is 60.2 Å². The van der Waals surface area contributed by atoms with Gasteiger partial charge in [0.15, 0.2) is 0 Å². The van der Waals surface area contributed by atoms with Crippen LogP contribution in [0.5, 0.6) is 5.75 Å². The molecular weight excluding hydrogens is 466 g/mol. The number of carbonyl (C=O) groups is 1. The molecule has 7 nitrogen and oxygen atoms in total. The summed E-state index contributed by atoms with van der Waals surface area (Å²) in [6.45, 7) is 7.41. The minimum Gasteiger partial charge on any atom is -0.658 e. The fraction of sp³-hybridized carbons (Fsp3) is 0.381. The summed E-state index contributed by atoms with van der Waals surface area (Å²) < 4.78 is 14.9. The molecule has 9 heteroatoms. The van der Waals surface area contributed by atoms with E-state index >= 15 is 0 Å². The van der Waals surface area contributed by atoms with Crippen molar-refractivity contribution in [1.29, 1.82) is 0 Å². The van der Waals surface area contributed by atoms with E-state index in [4.69, 9.17) is 0 Å². The first-order chi connectivity index (χ1) is 13.7. The minimum absolute atomic E-state index is 0. The summed E-state index contributed by atoms with van der Waals surface area (Å²) in [6.07, 6.45) is 0.547. The maximum atomic E-state index is 14.9. The van der Waals surface area contributed by atoms with Crippen LogP contribution in [0.4, 0.5) is 10.1 Å². The SMILES string of the molecule is Cc1c(C)c(F)c(C)c(-c2c(C)c3c(c4c2CC[N-]C4)NC(=O)C3[N+](=O)[O-])c1O.[Y]. The number of benzene rings is 2. The summed E-state index contributed by atoms with van der Waals surface area (Å²) in [5.41, 5.74) is 4.79. The number of aromatic hydroxyl groups is 1. The maximum Gasteiger partial charge on any atom is 0.317 e. The van der Waals surface area contributed by atoms with Crippen LogP contribution >= 0.6 is 0 Å². The van der Waals surface area contributed by atoms with Gasteiger partial charge in [0.25, 0.3) is 0 Å². The minimum atomic E-state index is -1.53. The van der Waals surface area contributed by atoms with Crippen molar-refractivity contribution in [3.8, 4) is 16.9 Å². The van der Waals surface area contributed by atoms with Crippen molar-refractivity contribution in [1.82, 2.24) is 0 Å². The van der Waals surface area contributed by atoms with Gasteiger partial charge in [-0.1, -0.05) is 0 Å². The molecule has 0 bridgehead atoms. The Morgan fingerprint density at radius 3 is 2.40 bits per heavy atom. The molecule has 2 aromatic rings. The van der Waals surface area contributed by atoms with E-state index in [2.05, 4.69) is 10.6 Å². The third-order valence-corrected chi connectivity index (χ3v) is 6.22. The summed E-state index contributed by atoms with van der Waals surface area (Å²) in [4.78, 5) is 23.4. The van der Waals surface area contributed by atoms with Gasteiger partial charge in [-0.15, -0.1) is 13.1 Å². The Morgan fingerprint density at radius 2 is 1.77 bits per heavy atom. The van der Waals surface area contributed by atoms with Crippen LogP contribution < -0.4 is 5.32 Å². The molecule has 2 heterocycles. The number of carbonyl (C=O) groups excluding carboxylic acids is 1. The number of phenols is 1. The van der Waals surface area contributed by atoms with Crippen LogP contribution in [-0.2, 0) is 50.5 Å². The average molecular weight is 487 g/mol. The van der Waals surface area contributed by atoms with E-state index in [1.54, 1.807) is 27.7 Å². The standard InChI is InChI=1S/C21H21FN3O4.Y/c1-8-9(2)20(26)15(11(4)17(8)22)14-10(3)16-18(13-7-23-6-5-12(13)14)24-21(27)19(16)25(28)29;/h19,26H,5-7H2,1-4H3,(H,24,27);/q-1;. The second kappa shape index (κ2) is 7.98. The molecule has 0 aliphatic carbocycles. The van der Waals surface area contributed by atoms with Crippen molar-refractivity contribution in [2.24, 2.45) is 0 Å². The fourth-order valence-electron chi connectivity index (χ4n) is 4.60. The van der Waals surface area contributed by atoms with Crippen molar-refractivity contribution >= 4 is 11.6 Å². The zero-order valence-corrected chi connectivity index (χ0v) is 20.1. The molecule has 2 aliphatic rings. The van der Waals surface area contributed by atoms with Crippen LogP contribution in [0.15, 0.2) is 0 Å². The Bertz CT molecular complexity index is 1090. The van der Waals surface area contributed by atoms with Gasteiger partial charge in [-0.3, -0.25) is 14.9 Å². The smallest absolute Gasteiger partial charge is 0.317 e. The molecule has 155 valence electrons. The van der Waals surface area contributed by atoms with Crippen molar-refractivity contribution in [3.63, 3.8) is 0 Å². The number of rotatable bonds is 2. The number of nitro groups is 1. The molecule has 0 fully saturated rings. The van der Waals surface area contributed by atoms with Gasteiger partial charge < -0.3 is 15.7 Å². The molecule has 2 aromatic carbocycles. The second-order valence-electron chi connectivity index (χ2n) is 7.69. The molecule has 30 heavy (non-hydrogen) atoms. The third kappa shape index (κ3) is 3.08. The monoisotopic (exact) mass is 487 g/mol. The molecule has 4 rings (SSSR count).